The van der Waals surface area contributed by atoms with Gasteiger partial charge in [-0.05, 0) is 19.1 Å². The second kappa shape index (κ2) is 5.21. The Bertz CT molecular complexity index is 489. The fourth-order valence-electron chi connectivity index (χ4n) is 2.01. The third kappa shape index (κ3) is 2.54. The standard InChI is InChI=1S/C12H16ClN3S/c1-3-11-15-6-7-16(11)12(8(2)14)9-4-5-10(13)17-9/h4-8,12H,3,14H2,1-2H3. The first kappa shape index (κ1) is 12.6. The molecule has 17 heavy (non-hydrogen) atoms. The highest BCUT2D eigenvalue weighted by molar-refractivity contribution is 7.16. The average molecular weight is 270 g/mol. The van der Waals surface area contributed by atoms with Gasteiger partial charge >= 0.3 is 0 Å². The number of nitrogens with two attached hydrogens (primary N) is 1. The van der Waals surface area contributed by atoms with Gasteiger partial charge in [-0.1, -0.05) is 18.5 Å². The molecule has 0 spiro atoms. The van der Waals surface area contributed by atoms with E-state index in [0.29, 0.717) is 0 Å². The Balaban J connectivity index is 2.42. The summed E-state index contributed by atoms with van der Waals surface area (Å²) in [5, 5.41) is 0. The predicted octanol–water partition coefficient (Wildman–Crippen LogP) is 3.10. The van der Waals surface area contributed by atoms with Crippen LogP contribution in [0.15, 0.2) is 24.5 Å². The number of imidazole rings is 1. The number of hydrogen-bond donors (Lipinski definition) is 1. The van der Waals surface area contributed by atoms with E-state index in [9.17, 15) is 0 Å². The van der Waals surface area contributed by atoms with Gasteiger partial charge in [0.25, 0.3) is 0 Å². The Morgan fingerprint density at radius 1 is 1.53 bits per heavy atom. The van der Waals surface area contributed by atoms with Crippen molar-refractivity contribution in [2.45, 2.75) is 32.4 Å². The maximum Gasteiger partial charge on any atom is 0.108 e. The molecule has 0 aliphatic rings. The molecule has 2 rings (SSSR count). The Morgan fingerprint density at radius 3 is 2.82 bits per heavy atom. The van der Waals surface area contributed by atoms with Gasteiger partial charge in [-0.2, -0.15) is 0 Å². The summed E-state index contributed by atoms with van der Waals surface area (Å²) in [5.41, 5.74) is 6.11. The third-order valence-corrected chi connectivity index (χ3v) is 4.05. The third-order valence-electron chi connectivity index (χ3n) is 2.75. The van der Waals surface area contributed by atoms with Crippen LogP contribution in [0.4, 0.5) is 0 Å². The average Bonchev–Trinajstić information content (AvgIpc) is 2.88. The van der Waals surface area contributed by atoms with Crippen molar-refractivity contribution >= 4 is 22.9 Å². The number of aromatic nitrogens is 2. The first-order chi connectivity index (χ1) is 8.13. The summed E-state index contributed by atoms with van der Waals surface area (Å²) in [7, 11) is 0. The second-order valence-corrected chi connectivity index (χ2v) is 5.80. The molecule has 2 heterocycles. The van der Waals surface area contributed by atoms with Crippen LogP contribution in [0.25, 0.3) is 0 Å². The lowest BCUT2D eigenvalue weighted by Crippen LogP contribution is -2.30. The second-order valence-electron chi connectivity index (χ2n) is 4.05. The zero-order valence-electron chi connectivity index (χ0n) is 9.93. The van der Waals surface area contributed by atoms with Crippen LogP contribution in [0.3, 0.4) is 0 Å². The molecule has 5 heteroatoms. The van der Waals surface area contributed by atoms with E-state index in [4.69, 9.17) is 17.3 Å². The number of aryl methyl sites for hydroxylation is 1. The van der Waals surface area contributed by atoms with Crippen molar-refractivity contribution in [1.29, 1.82) is 0 Å². The molecule has 3 nitrogen and oxygen atoms in total. The number of nitrogens with zero attached hydrogens (tertiary/aromatic N) is 2. The fourth-order valence-corrected chi connectivity index (χ4v) is 3.28. The van der Waals surface area contributed by atoms with E-state index >= 15 is 0 Å². The predicted molar refractivity (Wildman–Crippen MR) is 72.7 cm³/mol. The van der Waals surface area contributed by atoms with E-state index in [0.717, 1.165) is 16.6 Å². The van der Waals surface area contributed by atoms with Gasteiger partial charge in [0.1, 0.15) is 5.82 Å². The van der Waals surface area contributed by atoms with Gasteiger partial charge in [0.2, 0.25) is 0 Å². The lowest BCUT2D eigenvalue weighted by molar-refractivity contribution is 0.488. The minimum Gasteiger partial charge on any atom is -0.326 e. The Morgan fingerprint density at radius 2 is 2.29 bits per heavy atom. The SMILES string of the molecule is CCc1nccn1C(c1ccc(Cl)s1)C(C)N. The molecule has 0 saturated carbocycles. The molecule has 0 aliphatic carbocycles. The summed E-state index contributed by atoms with van der Waals surface area (Å²) < 4.78 is 2.94. The number of thiophene rings is 1. The smallest absolute Gasteiger partial charge is 0.108 e. The molecule has 2 aromatic rings. The Hall–Kier alpha value is -0.840. The molecule has 2 unspecified atom stereocenters. The molecule has 0 saturated heterocycles. The largest absolute Gasteiger partial charge is 0.326 e. The minimum atomic E-state index is 0.0178. The zero-order chi connectivity index (χ0) is 12.4. The van der Waals surface area contributed by atoms with Crippen molar-refractivity contribution in [3.05, 3.63) is 39.6 Å². The van der Waals surface area contributed by atoms with Crippen molar-refractivity contribution < 1.29 is 0 Å². The molecular weight excluding hydrogens is 254 g/mol. The van der Waals surface area contributed by atoms with Crippen LogP contribution in [0.5, 0.6) is 0 Å². The zero-order valence-corrected chi connectivity index (χ0v) is 11.5. The maximum absolute atomic E-state index is 6.11. The van der Waals surface area contributed by atoms with Crippen molar-refractivity contribution in [3.63, 3.8) is 0 Å². The first-order valence-electron chi connectivity index (χ1n) is 5.66. The summed E-state index contributed by atoms with van der Waals surface area (Å²) in [6, 6.07) is 4.09. The normalized spacial score (nSPS) is 14.8. The van der Waals surface area contributed by atoms with Gasteiger partial charge in [-0.3, -0.25) is 0 Å². The minimum absolute atomic E-state index is 0.0178. The highest BCUT2D eigenvalue weighted by atomic mass is 35.5. The molecule has 0 fully saturated rings. The van der Waals surface area contributed by atoms with Crippen LogP contribution < -0.4 is 5.73 Å². The summed E-state index contributed by atoms with van der Waals surface area (Å²) in [6.45, 7) is 4.11. The summed E-state index contributed by atoms with van der Waals surface area (Å²) >= 11 is 7.58. The van der Waals surface area contributed by atoms with Crippen LogP contribution in [0.2, 0.25) is 4.34 Å². The fraction of sp³-hybridized carbons (Fsp3) is 0.417. The van der Waals surface area contributed by atoms with Crippen molar-refractivity contribution in [2.75, 3.05) is 0 Å². The van der Waals surface area contributed by atoms with Gasteiger partial charge in [0, 0.05) is 29.7 Å². The van der Waals surface area contributed by atoms with Crippen molar-refractivity contribution in [3.8, 4) is 0 Å². The molecule has 0 amide bonds. The summed E-state index contributed by atoms with van der Waals surface area (Å²) in [5.74, 6) is 1.05. The quantitative estimate of drug-likeness (QED) is 0.927. The maximum atomic E-state index is 6.11. The van der Waals surface area contributed by atoms with Gasteiger partial charge in [0.15, 0.2) is 0 Å². The van der Waals surface area contributed by atoms with E-state index in [2.05, 4.69) is 16.5 Å². The van der Waals surface area contributed by atoms with Gasteiger partial charge in [-0.15, -0.1) is 11.3 Å². The van der Waals surface area contributed by atoms with Gasteiger partial charge in [-0.25, -0.2) is 4.98 Å². The molecule has 0 aromatic carbocycles. The molecule has 2 atom stereocenters. The first-order valence-corrected chi connectivity index (χ1v) is 6.85. The monoisotopic (exact) mass is 269 g/mol. The van der Waals surface area contributed by atoms with E-state index in [1.54, 1.807) is 11.3 Å². The molecule has 2 aromatic heterocycles. The lowest BCUT2D eigenvalue weighted by atomic mass is 10.1. The van der Waals surface area contributed by atoms with Crippen LogP contribution in [0.1, 0.15) is 30.6 Å². The summed E-state index contributed by atoms with van der Waals surface area (Å²) in [6.07, 6.45) is 4.71. The van der Waals surface area contributed by atoms with E-state index in [-0.39, 0.29) is 12.1 Å². The van der Waals surface area contributed by atoms with Crippen molar-refractivity contribution in [2.24, 2.45) is 5.73 Å². The number of rotatable bonds is 4. The van der Waals surface area contributed by atoms with Gasteiger partial charge in [0.05, 0.1) is 10.4 Å². The lowest BCUT2D eigenvalue weighted by Gasteiger charge is -2.23. The molecule has 0 aliphatic heterocycles. The van der Waals surface area contributed by atoms with E-state index < -0.39 is 0 Å². The Kier molecular flexibility index (Phi) is 3.86. The molecular formula is C12H16ClN3S. The van der Waals surface area contributed by atoms with Crippen LogP contribution in [0, 0.1) is 0 Å². The molecule has 92 valence electrons. The van der Waals surface area contributed by atoms with Gasteiger partial charge < -0.3 is 10.3 Å². The number of hydrogen-bond acceptors (Lipinski definition) is 3. The highest BCUT2D eigenvalue weighted by Crippen LogP contribution is 2.31. The Labute approximate surface area is 110 Å². The highest BCUT2D eigenvalue weighted by Gasteiger charge is 2.21. The molecule has 2 N–H and O–H groups in total. The van der Waals surface area contributed by atoms with Crippen LogP contribution >= 0.6 is 22.9 Å². The van der Waals surface area contributed by atoms with Crippen LogP contribution in [-0.2, 0) is 6.42 Å². The summed E-state index contributed by atoms with van der Waals surface area (Å²) in [4.78, 5) is 5.53. The molecule has 0 radical (unpaired) electrons. The molecule has 0 bridgehead atoms. The van der Waals surface area contributed by atoms with E-state index in [1.165, 1.54) is 4.88 Å². The topological polar surface area (TPSA) is 43.8 Å². The van der Waals surface area contributed by atoms with Crippen molar-refractivity contribution in [1.82, 2.24) is 9.55 Å². The van der Waals surface area contributed by atoms with Crippen LogP contribution in [-0.4, -0.2) is 15.6 Å². The van der Waals surface area contributed by atoms with E-state index in [1.807, 2.05) is 31.5 Å². The number of halogens is 1.